The van der Waals surface area contributed by atoms with Crippen LogP contribution in [-0.4, -0.2) is 36.4 Å². The largest absolute Gasteiger partial charge is 0.495 e. The predicted octanol–water partition coefficient (Wildman–Crippen LogP) is 3.20. The number of ether oxygens (including phenoxy) is 1. The maximum atomic E-state index is 11.5. The molecular formula is C17H13Cl2N3O5S. The molecule has 0 aliphatic carbocycles. The third-order valence-corrected chi connectivity index (χ3v) is 5.45. The Morgan fingerprint density at radius 3 is 2.32 bits per heavy atom. The lowest BCUT2D eigenvalue weighted by atomic mass is 10.1. The first-order chi connectivity index (χ1) is 13.1. The van der Waals surface area contributed by atoms with Gasteiger partial charge in [-0.2, -0.15) is 5.10 Å². The first kappa shape index (κ1) is 20.2. The molecule has 0 saturated carbocycles. The highest BCUT2D eigenvalue weighted by atomic mass is 35.5. The van der Waals surface area contributed by atoms with Crippen molar-refractivity contribution >= 4 is 39.2 Å². The average molecular weight is 442 g/mol. The number of methoxy groups -OCH3 is 1. The number of carboxylic acids is 1. The van der Waals surface area contributed by atoms with Crippen molar-refractivity contribution in [3.05, 3.63) is 58.2 Å². The second kappa shape index (κ2) is 7.44. The van der Waals surface area contributed by atoms with Gasteiger partial charge in [-0.15, -0.1) is 0 Å². The molecule has 0 amide bonds. The molecule has 0 aliphatic rings. The minimum Gasteiger partial charge on any atom is -0.495 e. The molecule has 0 fully saturated rings. The molecule has 1 aromatic heterocycles. The van der Waals surface area contributed by atoms with E-state index in [-0.39, 0.29) is 21.3 Å². The van der Waals surface area contributed by atoms with E-state index in [2.05, 4.69) is 5.10 Å². The molecule has 0 atom stereocenters. The molecule has 0 spiro atoms. The van der Waals surface area contributed by atoms with Crippen LogP contribution in [0, 0.1) is 0 Å². The van der Waals surface area contributed by atoms with E-state index in [1.807, 2.05) is 0 Å². The van der Waals surface area contributed by atoms with Crippen molar-refractivity contribution in [2.45, 2.75) is 4.90 Å². The van der Waals surface area contributed by atoms with Gasteiger partial charge in [0.05, 0.1) is 28.4 Å². The summed E-state index contributed by atoms with van der Waals surface area (Å²) in [5, 5.41) is 18.7. The fraction of sp³-hybridized carbons (Fsp3) is 0.0588. The van der Waals surface area contributed by atoms with Gasteiger partial charge in [0, 0.05) is 5.56 Å². The van der Waals surface area contributed by atoms with Gasteiger partial charge in [-0.3, -0.25) is 0 Å². The van der Waals surface area contributed by atoms with E-state index in [1.165, 1.54) is 36.1 Å². The highest BCUT2D eigenvalue weighted by molar-refractivity contribution is 7.89. The van der Waals surface area contributed by atoms with Crippen molar-refractivity contribution in [3.63, 3.8) is 0 Å². The molecule has 3 N–H and O–H groups in total. The van der Waals surface area contributed by atoms with Crippen molar-refractivity contribution in [2.24, 2.45) is 5.14 Å². The molecule has 0 bridgehead atoms. The summed E-state index contributed by atoms with van der Waals surface area (Å²) in [5.74, 6) is -0.880. The first-order valence-corrected chi connectivity index (χ1v) is 9.92. The van der Waals surface area contributed by atoms with Crippen molar-refractivity contribution in [3.8, 4) is 22.7 Å². The fourth-order valence-electron chi connectivity index (χ4n) is 2.56. The zero-order valence-corrected chi connectivity index (χ0v) is 16.6. The van der Waals surface area contributed by atoms with Crippen molar-refractivity contribution in [2.75, 3.05) is 7.11 Å². The minimum absolute atomic E-state index is 0.0933. The van der Waals surface area contributed by atoms with Crippen LogP contribution >= 0.6 is 23.2 Å². The Hall–Kier alpha value is -2.59. The maximum absolute atomic E-state index is 11.5. The Balaban J connectivity index is 2.23. The molecule has 1 heterocycles. The number of primary sulfonamides is 1. The van der Waals surface area contributed by atoms with Crippen molar-refractivity contribution in [1.82, 2.24) is 9.78 Å². The van der Waals surface area contributed by atoms with Gasteiger partial charge < -0.3 is 9.84 Å². The van der Waals surface area contributed by atoms with Crippen LogP contribution in [0.5, 0.6) is 5.75 Å². The number of aromatic nitrogens is 2. The molecule has 8 nitrogen and oxygen atoms in total. The molecule has 2 aromatic carbocycles. The second-order valence-electron chi connectivity index (χ2n) is 5.62. The molecule has 0 unspecified atom stereocenters. The average Bonchev–Trinajstić information content (AvgIpc) is 2.98. The lowest BCUT2D eigenvalue weighted by molar-refractivity contribution is 0.0690. The van der Waals surface area contributed by atoms with Crippen LogP contribution in [0.4, 0.5) is 0 Å². The SMILES string of the molecule is COc1ccc(-c2c(Cl)c(C(=O)O)nn2-c2ccc(S(N)(=O)=O)cc2)cc1Cl. The number of rotatable bonds is 5. The molecule has 11 heteroatoms. The van der Waals surface area contributed by atoms with Gasteiger partial charge in [0.1, 0.15) is 10.8 Å². The maximum Gasteiger partial charge on any atom is 0.358 e. The predicted molar refractivity (Wildman–Crippen MR) is 104 cm³/mol. The molecule has 146 valence electrons. The summed E-state index contributed by atoms with van der Waals surface area (Å²) in [6.07, 6.45) is 0. The highest BCUT2D eigenvalue weighted by Gasteiger charge is 2.24. The van der Waals surface area contributed by atoms with E-state index in [0.717, 1.165) is 0 Å². The van der Waals surface area contributed by atoms with Crippen LogP contribution in [0.2, 0.25) is 10.0 Å². The number of nitrogens with zero attached hydrogens (tertiary/aromatic N) is 2. The Morgan fingerprint density at radius 1 is 1.18 bits per heavy atom. The molecule has 0 aliphatic heterocycles. The molecule has 3 aromatic rings. The van der Waals surface area contributed by atoms with E-state index >= 15 is 0 Å². The van der Waals surface area contributed by atoms with Crippen LogP contribution in [-0.2, 0) is 10.0 Å². The van der Waals surface area contributed by atoms with Gasteiger partial charge in [0.25, 0.3) is 0 Å². The van der Waals surface area contributed by atoms with Gasteiger partial charge in [-0.1, -0.05) is 23.2 Å². The zero-order chi connectivity index (χ0) is 20.6. The zero-order valence-electron chi connectivity index (χ0n) is 14.3. The summed E-state index contributed by atoms with van der Waals surface area (Å²) in [6.45, 7) is 0. The minimum atomic E-state index is -3.87. The lowest BCUT2D eigenvalue weighted by Gasteiger charge is -2.10. The van der Waals surface area contributed by atoms with Gasteiger partial charge in [0.2, 0.25) is 10.0 Å². The third kappa shape index (κ3) is 3.69. The Bertz CT molecular complexity index is 1170. The number of carboxylic acid groups (broad SMARTS) is 1. The van der Waals surface area contributed by atoms with Crippen LogP contribution in [0.25, 0.3) is 16.9 Å². The van der Waals surface area contributed by atoms with E-state index in [9.17, 15) is 18.3 Å². The van der Waals surface area contributed by atoms with E-state index in [4.69, 9.17) is 33.1 Å². The number of hydrogen-bond acceptors (Lipinski definition) is 5. The smallest absolute Gasteiger partial charge is 0.358 e. The van der Waals surface area contributed by atoms with Gasteiger partial charge in [0.15, 0.2) is 5.69 Å². The number of aromatic carboxylic acids is 1. The second-order valence-corrected chi connectivity index (χ2v) is 7.96. The Kier molecular flexibility index (Phi) is 5.35. The molecule has 3 rings (SSSR count). The quantitative estimate of drug-likeness (QED) is 0.625. The monoisotopic (exact) mass is 441 g/mol. The van der Waals surface area contributed by atoms with Crippen molar-refractivity contribution < 1.29 is 23.1 Å². The Labute approximate surface area is 170 Å². The van der Waals surface area contributed by atoms with Gasteiger partial charge >= 0.3 is 5.97 Å². The summed E-state index contributed by atoms with van der Waals surface area (Å²) in [6, 6.07) is 10.2. The number of benzene rings is 2. The number of sulfonamides is 1. The molecule has 0 radical (unpaired) electrons. The normalized spacial score (nSPS) is 11.4. The third-order valence-electron chi connectivity index (χ3n) is 3.87. The summed E-state index contributed by atoms with van der Waals surface area (Å²) in [4.78, 5) is 11.4. The highest BCUT2D eigenvalue weighted by Crippen LogP contribution is 2.36. The Morgan fingerprint density at radius 2 is 1.82 bits per heavy atom. The van der Waals surface area contributed by atoms with Crippen molar-refractivity contribution in [1.29, 1.82) is 0 Å². The van der Waals surface area contributed by atoms with E-state index in [1.54, 1.807) is 18.2 Å². The van der Waals surface area contributed by atoms with Crippen LogP contribution in [0.15, 0.2) is 47.4 Å². The standard InChI is InChI=1S/C17H13Cl2N3O5S/c1-27-13-7-2-9(8-12(13)18)16-14(19)15(17(23)24)21-22(16)10-3-5-11(6-4-10)28(20,25)26/h2-8H,1H3,(H,23,24)(H2,20,25,26). The summed E-state index contributed by atoms with van der Waals surface area (Å²) in [5.41, 5.74) is 0.779. The van der Waals surface area contributed by atoms with Gasteiger partial charge in [-0.25, -0.2) is 23.0 Å². The summed E-state index contributed by atoms with van der Waals surface area (Å²) >= 11 is 12.5. The summed E-state index contributed by atoms with van der Waals surface area (Å²) in [7, 11) is -2.41. The number of nitrogens with two attached hydrogens (primary N) is 1. The van der Waals surface area contributed by atoms with Gasteiger partial charge in [-0.05, 0) is 42.5 Å². The van der Waals surface area contributed by atoms with Crippen LogP contribution in [0.3, 0.4) is 0 Å². The first-order valence-electron chi connectivity index (χ1n) is 7.62. The number of carbonyl (C=O) groups is 1. The van der Waals surface area contributed by atoms with E-state index < -0.39 is 16.0 Å². The molecular weight excluding hydrogens is 429 g/mol. The van der Waals surface area contributed by atoms with Crippen LogP contribution < -0.4 is 9.88 Å². The molecule has 28 heavy (non-hydrogen) atoms. The number of hydrogen-bond donors (Lipinski definition) is 2. The van der Waals surface area contributed by atoms with E-state index in [0.29, 0.717) is 22.0 Å². The fourth-order valence-corrected chi connectivity index (χ4v) is 3.64. The lowest BCUT2D eigenvalue weighted by Crippen LogP contribution is -2.12. The summed E-state index contributed by atoms with van der Waals surface area (Å²) < 4.78 is 29.3. The molecule has 0 saturated heterocycles. The van der Waals surface area contributed by atoms with Crippen LogP contribution in [0.1, 0.15) is 10.5 Å². The number of halogens is 2. The topological polar surface area (TPSA) is 125 Å².